The second-order valence-electron chi connectivity index (χ2n) is 6.21. The first-order valence-electron chi connectivity index (χ1n) is 7.15. The Kier molecular flexibility index (Phi) is 2.99. The molecular formula is C18H20O3. The second kappa shape index (κ2) is 4.50. The molecule has 1 aliphatic heterocycles. The third kappa shape index (κ3) is 2.09. The molecule has 1 fully saturated rings. The zero-order valence-corrected chi connectivity index (χ0v) is 12.5. The quantitative estimate of drug-likeness (QED) is 0.840. The molecular weight excluding hydrogens is 264 g/mol. The van der Waals surface area contributed by atoms with Crippen LogP contribution in [0.4, 0.5) is 0 Å². The van der Waals surface area contributed by atoms with E-state index in [-0.39, 0.29) is 23.0 Å². The molecule has 3 nitrogen and oxygen atoms in total. The summed E-state index contributed by atoms with van der Waals surface area (Å²) < 4.78 is 6.12. The van der Waals surface area contributed by atoms with Crippen LogP contribution in [0.1, 0.15) is 37.8 Å². The van der Waals surface area contributed by atoms with Gasteiger partial charge in [-0.3, -0.25) is 0 Å². The Balaban J connectivity index is 2.02. The molecule has 2 aromatic rings. The summed E-state index contributed by atoms with van der Waals surface area (Å²) in [4.78, 5) is 0. The predicted molar refractivity (Wildman–Crippen MR) is 81.5 cm³/mol. The van der Waals surface area contributed by atoms with Gasteiger partial charge in [-0.05, 0) is 49.2 Å². The lowest BCUT2D eigenvalue weighted by Crippen LogP contribution is -2.25. The highest BCUT2D eigenvalue weighted by atomic mass is 16.6. The Labute approximate surface area is 124 Å². The lowest BCUT2D eigenvalue weighted by atomic mass is 9.76. The van der Waals surface area contributed by atoms with Crippen molar-refractivity contribution in [3.63, 3.8) is 0 Å². The van der Waals surface area contributed by atoms with Crippen LogP contribution >= 0.6 is 0 Å². The van der Waals surface area contributed by atoms with Gasteiger partial charge < -0.3 is 14.9 Å². The van der Waals surface area contributed by atoms with Gasteiger partial charge in [0.25, 0.3) is 0 Å². The van der Waals surface area contributed by atoms with Gasteiger partial charge in [0, 0.05) is 5.92 Å². The van der Waals surface area contributed by atoms with Crippen molar-refractivity contribution in [2.24, 2.45) is 0 Å². The average Bonchev–Trinajstić information content (AvgIpc) is 3.04. The SMILES string of the molecule is CC(c1ccc(O)cc1)C1(c2ccc(O)cc2)OC1(C)C. The van der Waals surface area contributed by atoms with E-state index in [1.54, 1.807) is 24.3 Å². The van der Waals surface area contributed by atoms with Crippen LogP contribution < -0.4 is 0 Å². The van der Waals surface area contributed by atoms with Gasteiger partial charge in [0.2, 0.25) is 0 Å². The highest BCUT2D eigenvalue weighted by Crippen LogP contribution is 2.62. The average molecular weight is 284 g/mol. The van der Waals surface area contributed by atoms with Crippen molar-refractivity contribution >= 4 is 0 Å². The van der Waals surface area contributed by atoms with Crippen LogP contribution in [0.5, 0.6) is 11.5 Å². The molecule has 1 heterocycles. The van der Waals surface area contributed by atoms with Gasteiger partial charge in [-0.1, -0.05) is 31.2 Å². The second-order valence-corrected chi connectivity index (χ2v) is 6.21. The van der Waals surface area contributed by atoms with Crippen molar-refractivity contribution in [2.75, 3.05) is 0 Å². The van der Waals surface area contributed by atoms with E-state index in [0.717, 1.165) is 11.1 Å². The van der Waals surface area contributed by atoms with Crippen molar-refractivity contribution in [3.05, 3.63) is 59.7 Å². The van der Waals surface area contributed by atoms with Gasteiger partial charge in [0.05, 0.1) is 5.60 Å². The molecule has 0 aromatic heterocycles. The zero-order chi connectivity index (χ0) is 15.3. The zero-order valence-electron chi connectivity index (χ0n) is 12.5. The molecule has 2 aromatic carbocycles. The number of benzene rings is 2. The summed E-state index contributed by atoms with van der Waals surface area (Å²) in [6, 6.07) is 14.5. The maximum atomic E-state index is 9.49. The number of hydrogen-bond acceptors (Lipinski definition) is 3. The van der Waals surface area contributed by atoms with Gasteiger partial charge in [0.1, 0.15) is 17.1 Å². The van der Waals surface area contributed by atoms with Gasteiger partial charge in [-0.2, -0.15) is 0 Å². The first-order chi connectivity index (χ1) is 9.87. The molecule has 0 bridgehead atoms. The van der Waals surface area contributed by atoms with Crippen LogP contribution in [0.3, 0.4) is 0 Å². The molecule has 110 valence electrons. The topological polar surface area (TPSA) is 53.0 Å². The van der Waals surface area contributed by atoms with E-state index in [9.17, 15) is 10.2 Å². The highest BCUT2D eigenvalue weighted by Gasteiger charge is 2.67. The normalized spacial score (nSPS) is 24.5. The lowest BCUT2D eigenvalue weighted by Gasteiger charge is -2.24. The highest BCUT2D eigenvalue weighted by molar-refractivity contribution is 5.42. The van der Waals surface area contributed by atoms with Crippen LogP contribution in [-0.2, 0) is 10.3 Å². The molecule has 3 heteroatoms. The smallest absolute Gasteiger partial charge is 0.129 e. The van der Waals surface area contributed by atoms with Crippen molar-refractivity contribution in [1.29, 1.82) is 0 Å². The summed E-state index contributed by atoms with van der Waals surface area (Å²) in [5.74, 6) is 0.655. The molecule has 1 saturated heterocycles. The number of epoxide rings is 1. The van der Waals surface area contributed by atoms with Crippen LogP contribution in [0.25, 0.3) is 0 Å². The maximum Gasteiger partial charge on any atom is 0.129 e. The Bertz CT molecular complexity index is 643. The monoisotopic (exact) mass is 284 g/mol. The molecule has 0 amide bonds. The molecule has 2 N–H and O–H groups in total. The van der Waals surface area contributed by atoms with Crippen LogP contribution in [0.2, 0.25) is 0 Å². The fourth-order valence-corrected chi connectivity index (χ4v) is 3.35. The fraction of sp³-hybridized carbons (Fsp3) is 0.333. The Morgan fingerprint density at radius 1 is 0.857 bits per heavy atom. The number of hydrogen-bond donors (Lipinski definition) is 2. The van der Waals surface area contributed by atoms with E-state index < -0.39 is 5.60 Å². The summed E-state index contributed by atoms with van der Waals surface area (Å²) in [7, 11) is 0. The molecule has 2 unspecified atom stereocenters. The Morgan fingerprint density at radius 3 is 1.71 bits per heavy atom. The third-order valence-electron chi connectivity index (χ3n) is 4.57. The van der Waals surface area contributed by atoms with E-state index in [2.05, 4.69) is 20.8 Å². The maximum absolute atomic E-state index is 9.49. The van der Waals surface area contributed by atoms with Gasteiger partial charge in [0.15, 0.2) is 0 Å². The minimum atomic E-state index is -0.405. The van der Waals surface area contributed by atoms with Crippen molar-refractivity contribution in [1.82, 2.24) is 0 Å². The van der Waals surface area contributed by atoms with Crippen molar-refractivity contribution < 1.29 is 14.9 Å². The predicted octanol–water partition coefficient (Wildman–Crippen LogP) is 3.91. The molecule has 2 atom stereocenters. The van der Waals surface area contributed by atoms with Gasteiger partial charge in [-0.25, -0.2) is 0 Å². The Morgan fingerprint density at radius 2 is 1.29 bits per heavy atom. The molecule has 3 rings (SSSR count). The van der Waals surface area contributed by atoms with Gasteiger partial charge >= 0.3 is 0 Å². The summed E-state index contributed by atoms with van der Waals surface area (Å²) in [6.45, 7) is 6.29. The first-order valence-corrected chi connectivity index (χ1v) is 7.15. The number of rotatable bonds is 3. The first kappa shape index (κ1) is 14.0. The van der Waals surface area contributed by atoms with E-state index in [0.29, 0.717) is 0 Å². The van der Waals surface area contributed by atoms with E-state index >= 15 is 0 Å². The molecule has 0 aliphatic carbocycles. The van der Waals surface area contributed by atoms with Crippen LogP contribution in [0.15, 0.2) is 48.5 Å². The standard InChI is InChI=1S/C18H20O3/c1-12(13-4-8-15(19)9-5-13)18(17(2,3)21-18)14-6-10-16(20)11-7-14/h4-12,19-20H,1-3H3. The van der Waals surface area contributed by atoms with Crippen molar-refractivity contribution in [3.8, 4) is 11.5 Å². The van der Waals surface area contributed by atoms with E-state index in [1.807, 2.05) is 24.3 Å². The molecule has 0 spiro atoms. The molecule has 0 saturated carbocycles. The number of phenolic OH excluding ortho intramolecular Hbond substituents is 2. The summed E-state index contributed by atoms with van der Waals surface area (Å²) in [6.07, 6.45) is 0. The molecule has 21 heavy (non-hydrogen) atoms. The minimum absolute atomic E-state index is 0.137. The molecule has 0 radical (unpaired) electrons. The largest absolute Gasteiger partial charge is 0.508 e. The third-order valence-corrected chi connectivity index (χ3v) is 4.57. The Hall–Kier alpha value is -2.00. The molecule has 1 aliphatic rings. The summed E-state index contributed by atoms with van der Waals surface area (Å²) in [5.41, 5.74) is 1.51. The summed E-state index contributed by atoms with van der Waals surface area (Å²) in [5, 5.41) is 18.9. The van der Waals surface area contributed by atoms with Gasteiger partial charge in [-0.15, -0.1) is 0 Å². The van der Waals surface area contributed by atoms with Crippen LogP contribution in [-0.4, -0.2) is 15.8 Å². The van der Waals surface area contributed by atoms with Crippen LogP contribution in [0, 0.1) is 0 Å². The number of phenols is 2. The lowest BCUT2D eigenvalue weighted by molar-refractivity contribution is 0.254. The summed E-state index contributed by atoms with van der Waals surface area (Å²) >= 11 is 0. The van der Waals surface area contributed by atoms with E-state index in [1.165, 1.54) is 0 Å². The fourth-order valence-electron chi connectivity index (χ4n) is 3.35. The van der Waals surface area contributed by atoms with Crippen molar-refractivity contribution in [2.45, 2.75) is 37.9 Å². The van der Waals surface area contributed by atoms with E-state index in [4.69, 9.17) is 4.74 Å². The minimum Gasteiger partial charge on any atom is -0.508 e. The number of aromatic hydroxyl groups is 2. The number of ether oxygens (including phenoxy) is 1.